The number of rotatable bonds is 4. The van der Waals surface area contributed by atoms with Gasteiger partial charge in [-0.3, -0.25) is 4.79 Å². The summed E-state index contributed by atoms with van der Waals surface area (Å²) in [5, 5.41) is 0. The highest BCUT2D eigenvalue weighted by atomic mass is 16.1. The number of carbonyl (C=O) groups is 1. The average Bonchev–Trinajstić information content (AvgIpc) is 3.05. The predicted octanol–water partition coefficient (Wildman–Crippen LogP) is 4.07. The molecule has 1 fully saturated rings. The van der Waals surface area contributed by atoms with Gasteiger partial charge in [-0.2, -0.15) is 0 Å². The van der Waals surface area contributed by atoms with E-state index in [4.69, 9.17) is 0 Å². The molecule has 0 atom stereocenters. The third-order valence-corrected chi connectivity index (χ3v) is 2.20. The van der Waals surface area contributed by atoms with Crippen molar-refractivity contribution >= 4 is 6.29 Å². The molecule has 0 bridgehead atoms. The molecule has 0 aliphatic heterocycles. The van der Waals surface area contributed by atoms with Gasteiger partial charge in [0.15, 0.2) is 0 Å². The topological polar surface area (TPSA) is 17.1 Å². The van der Waals surface area contributed by atoms with E-state index in [0.29, 0.717) is 0 Å². The Bertz CT molecular complexity index is 242. The lowest BCUT2D eigenvalue weighted by molar-refractivity contribution is -0.104. The van der Waals surface area contributed by atoms with Crippen LogP contribution in [0.1, 0.15) is 40.0 Å². The van der Waals surface area contributed by atoms with Crippen LogP contribution in [0.5, 0.6) is 0 Å². The summed E-state index contributed by atoms with van der Waals surface area (Å²) in [5.74, 6) is 0.910. The fourth-order valence-corrected chi connectivity index (χ4v) is 1.22. The van der Waals surface area contributed by atoms with E-state index >= 15 is 0 Å². The van der Waals surface area contributed by atoms with Crippen LogP contribution < -0.4 is 0 Å². The van der Waals surface area contributed by atoms with E-state index in [1.807, 2.05) is 0 Å². The molecule has 1 aliphatic rings. The zero-order valence-electron chi connectivity index (χ0n) is 10.1. The SMILES string of the molecule is C/C=C(\C=C/CC)C1CC1.C/C=C/C=O. The Hall–Kier alpha value is -1.11. The first-order chi connectivity index (χ1) is 7.29. The highest BCUT2D eigenvalue weighted by molar-refractivity contribution is 5.64. The maximum atomic E-state index is 9.32. The monoisotopic (exact) mass is 206 g/mol. The zero-order valence-corrected chi connectivity index (χ0v) is 10.1. The fourth-order valence-electron chi connectivity index (χ4n) is 1.22. The largest absolute Gasteiger partial charge is 0.299 e. The Morgan fingerprint density at radius 1 is 1.33 bits per heavy atom. The van der Waals surface area contributed by atoms with Gasteiger partial charge >= 0.3 is 0 Å². The van der Waals surface area contributed by atoms with Crippen LogP contribution in [0.15, 0.2) is 36.0 Å². The van der Waals surface area contributed by atoms with Gasteiger partial charge in [-0.25, -0.2) is 0 Å². The zero-order chi connectivity index (χ0) is 11.5. The molecule has 1 nitrogen and oxygen atoms in total. The van der Waals surface area contributed by atoms with E-state index in [1.165, 1.54) is 18.9 Å². The smallest absolute Gasteiger partial charge is 0.142 e. The minimum Gasteiger partial charge on any atom is -0.299 e. The van der Waals surface area contributed by atoms with Crippen molar-refractivity contribution in [3.05, 3.63) is 36.0 Å². The summed E-state index contributed by atoms with van der Waals surface area (Å²) in [5.41, 5.74) is 1.54. The highest BCUT2D eigenvalue weighted by Crippen LogP contribution is 2.36. The molecule has 0 aromatic rings. The Labute approximate surface area is 93.6 Å². The molecule has 1 aliphatic carbocycles. The second kappa shape index (κ2) is 9.45. The van der Waals surface area contributed by atoms with Crippen LogP contribution in [0.3, 0.4) is 0 Å². The molecule has 15 heavy (non-hydrogen) atoms. The quantitative estimate of drug-likeness (QED) is 0.385. The Balaban J connectivity index is 0.000000336. The van der Waals surface area contributed by atoms with Crippen molar-refractivity contribution in [2.45, 2.75) is 40.0 Å². The van der Waals surface area contributed by atoms with Crippen LogP contribution in [0, 0.1) is 5.92 Å². The van der Waals surface area contributed by atoms with Crippen LogP contribution >= 0.6 is 0 Å². The molecule has 1 saturated carbocycles. The van der Waals surface area contributed by atoms with Crippen molar-refractivity contribution < 1.29 is 4.79 Å². The third-order valence-electron chi connectivity index (χ3n) is 2.20. The van der Waals surface area contributed by atoms with Crippen molar-refractivity contribution in [1.29, 1.82) is 0 Å². The van der Waals surface area contributed by atoms with E-state index in [-0.39, 0.29) is 0 Å². The van der Waals surface area contributed by atoms with Crippen LogP contribution in [-0.4, -0.2) is 6.29 Å². The third kappa shape index (κ3) is 7.92. The number of aldehydes is 1. The number of hydrogen-bond acceptors (Lipinski definition) is 1. The molecule has 0 spiro atoms. The first kappa shape index (κ1) is 13.9. The maximum absolute atomic E-state index is 9.32. The van der Waals surface area contributed by atoms with Gasteiger partial charge in [0, 0.05) is 0 Å². The maximum Gasteiger partial charge on any atom is 0.142 e. The molecule has 0 aromatic carbocycles. The van der Waals surface area contributed by atoms with Crippen LogP contribution in [0.2, 0.25) is 0 Å². The van der Waals surface area contributed by atoms with Crippen LogP contribution in [0.25, 0.3) is 0 Å². The molecular formula is C14H22O. The van der Waals surface area contributed by atoms with Gasteiger partial charge < -0.3 is 0 Å². The molecule has 0 N–H and O–H groups in total. The highest BCUT2D eigenvalue weighted by Gasteiger charge is 2.23. The average molecular weight is 206 g/mol. The van der Waals surface area contributed by atoms with E-state index in [0.717, 1.165) is 18.6 Å². The number of allylic oxidation sites excluding steroid dienone is 6. The molecule has 0 radical (unpaired) electrons. The van der Waals surface area contributed by atoms with E-state index < -0.39 is 0 Å². The predicted molar refractivity (Wildman–Crippen MR) is 66.8 cm³/mol. The fraction of sp³-hybridized carbons (Fsp3) is 0.500. The van der Waals surface area contributed by atoms with Crippen molar-refractivity contribution in [1.82, 2.24) is 0 Å². The summed E-state index contributed by atoms with van der Waals surface area (Å²) >= 11 is 0. The molecule has 1 heteroatoms. The van der Waals surface area contributed by atoms with E-state index in [9.17, 15) is 4.79 Å². The second-order valence-electron chi connectivity index (χ2n) is 3.54. The summed E-state index contributed by atoms with van der Waals surface area (Å²) in [7, 11) is 0. The molecule has 0 heterocycles. The summed E-state index contributed by atoms with van der Waals surface area (Å²) in [6, 6.07) is 0. The standard InChI is InChI=1S/C10H16.C4H6O/c1-3-5-6-9(4-2)10-7-8-10;1-2-3-4-5/h4-6,10H,3,7-8H2,1-2H3;2-4H,1H3/b6-5-,9-4+;3-2+. The summed E-state index contributed by atoms with van der Waals surface area (Å²) < 4.78 is 0. The van der Waals surface area contributed by atoms with Gasteiger partial charge in [0.25, 0.3) is 0 Å². The molecule has 0 aromatic heterocycles. The molecule has 0 amide bonds. The first-order valence-electron chi connectivity index (χ1n) is 5.69. The number of carbonyl (C=O) groups excluding carboxylic acids is 1. The molecule has 1 rings (SSSR count). The molecular weight excluding hydrogens is 184 g/mol. The summed E-state index contributed by atoms with van der Waals surface area (Å²) in [6.45, 7) is 6.11. The van der Waals surface area contributed by atoms with Gasteiger partial charge in [0.1, 0.15) is 6.29 Å². The summed E-state index contributed by atoms with van der Waals surface area (Å²) in [4.78, 5) is 9.32. The Morgan fingerprint density at radius 2 is 2.00 bits per heavy atom. The van der Waals surface area contributed by atoms with Gasteiger partial charge in [-0.1, -0.05) is 31.2 Å². The van der Waals surface area contributed by atoms with Gasteiger partial charge in [-0.05, 0) is 50.7 Å². The molecule has 0 unspecified atom stereocenters. The Kier molecular flexibility index (Phi) is 8.75. The van der Waals surface area contributed by atoms with Crippen molar-refractivity contribution in [3.63, 3.8) is 0 Å². The van der Waals surface area contributed by atoms with Gasteiger partial charge in [0.2, 0.25) is 0 Å². The molecule has 0 saturated heterocycles. The van der Waals surface area contributed by atoms with E-state index in [2.05, 4.69) is 32.1 Å². The lowest BCUT2D eigenvalue weighted by Crippen LogP contribution is -1.77. The number of hydrogen-bond donors (Lipinski definition) is 0. The van der Waals surface area contributed by atoms with Gasteiger partial charge in [0.05, 0.1) is 0 Å². The van der Waals surface area contributed by atoms with Crippen molar-refractivity contribution in [2.24, 2.45) is 5.92 Å². The lowest BCUT2D eigenvalue weighted by atomic mass is 10.1. The normalized spacial score (nSPS) is 16.6. The first-order valence-corrected chi connectivity index (χ1v) is 5.69. The summed E-state index contributed by atoms with van der Waals surface area (Å²) in [6.07, 6.45) is 14.6. The van der Waals surface area contributed by atoms with Crippen molar-refractivity contribution in [2.75, 3.05) is 0 Å². The Morgan fingerprint density at radius 3 is 2.27 bits per heavy atom. The second-order valence-corrected chi connectivity index (χ2v) is 3.54. The van der Waals surface area contributed by atoms with E-state index in [1.54, 1.807) is 18.6 Å². The lowest BCUT2D eigenvalue weighted by Gasteiger charge is -1.94. The molecule has 84 valence electrons. The van der Waals surface area contributed by atoms with Gasteiger partial charge in [-0.15, -0.1) is 0 Å². The minimum atomic E-state index is 0.750. The van der Waals surface area contributed by atoms with Crippen LogP contribution in [0.4, 0.5) is 0 Å². The minimum absolute atomic E-state index is 0.750. The van der Waals surface area contributed by atoms with Crippen molar-refractivity contribution in [3.8, 4) is 0 Å². The van der Waals surface area contributed by atoms with Crippen LogP contribution in [-0.2, 0) is 4.79 Å².